The van der Waals surface area contributed by atoms with Crippen molar-refractivity contribution in [1.29, 1.82) is 0 Å². The highest BCUT2D eigenvalue weighted by Gasteiger charge is 2.18. The van der Waals surface area contributed by atoms with Crippen molar-refractivity contribution in [3.8, 4) is 0 Å². The molecule has 0 saturated carbocycles. The van der Waals surface area contributed by atoms with Crippen LogP contribution in [0.25, 0.3) is 0 Å². The molecule has 0 heterocycles. The van der Waals surface area contributed by atoms with Crippen molar-refractivity contribution in [3.05, 3.63) is 24.3 Å². The highest BCUT2D eigenvalue weighted by molar-refractivity contribution is 5.76. The minimum absolute atomic E-state index is 0.0228. The normalized spacial score (nSPS) is 12.6. The SMILES string of the molecule is CCCCCCCCCCCCCCCCCC/C=C/C(O)C(CO)NC(=O)CCCCCCCCCCCCCCCCCCC/C=C\CCCCCCCCCCCCCCOC(=O)CCCCCCCCCCCCCCCCCC. The fourth-order valence-electron chi connectivity index (χ4n) is 12.3. The Bertz CT molecular complexity index is 1320. The first-order valence-corrected chi connectivity index (χ1v) is 38.6. The highest BCUT2D eigenvalue weighted by Crippen LogP contribution is 2.19. The van der Waals surface area contributed by atoms with Crippen molar-refractivity contribution in [2.24, 2.45) is 0 Å². The van der Waals surface area contributed by atoms with E-state index in [-0.39, 0.29) is 18.5 Å². The van der Waals surface area contributed by atoms with Crippen LogP contribution < -0.4 is 5.32 Å². The molecule has 498 valence electrons. The first-order chi connectivity index (χ1) is 41.5. The topological polar surface area (TPSA) is 95.9 Å². The highest BCUT2D eigenvalue weighted by atomic mass is 16.5. The minimum Gasteiger partial charge on any atom is -0.466 e. The number of carbonyl (C=O) groups is 2. The van der Waals surface area contributed by atoms with Gasteiger partial charge in [-0.1, -0.05) is 391 Å². The van der Waals surface area contributed by atoms with Gasteiger partial charge >= 0.3 is 5.97 Å². The Balaban J connectivity index is 3.35. The summed E-state index contributed by atoms with van der Waals surface area (Å²) < 4.78 is 5.51. The number of carbonyl (C=O) groups excluding carboxylic acids is 2. The second kappa shape index (κ2) is 73.8. The zero-order valence-corrected chi connectivity index (χ0v) is 57.2. The summed E-state index contributed by atoms with van der Waals surface area (Å²) in [6.07, 6.45) is 94.3. The number of allylic oxidation sites excluding steroid dienone is 3. The van der Waals surface area contributed by atoms with Gasteiger partial charge in [-0.05, 0) is 57.8 Å². The summed E-state index contributed by atoms with van der Waals surface area (Å²) in [4.78, 5) is 24.6. The molecule has 3 N–H and O–H groups in total. The van der Waals surface area contributed by atoms with Crippen LogP contribution in [0, 0.1) is 0 Å². The smallest absolute Gasteiger partial charge is 0.305 e. The molecule has 0 radical (unpaired) electrons. The van der Waals surface area contributed by atoms with Crippen LogP contribution >= 0.6 is 0 Å². The third kappa shape index (κ3) is 69.4. The standard InChI is InChI=1S/C78H151NO5/c1-3-5-7-9-11-13-15-17-19-21-39-42-46-50-54-58-62-66-70-76(81)75(74-80)79-77(82)71-67-63-59-55-51-47-43-40-37-35-33-31-29-27-25-23-22-24-26-28-30-32-34-36-38-41-45-49-53-57-61-65-69-73-84-78(83)72-68-64-60-56-52-48-44-20-18-16-14-12-10-8-6-4-2/h26,28,66,70,75-76,80-81H,3-25,27,29-65,67-69,71-74H2,1-2H3,(H,79,82)/b28-26-,70-66+. The predicted octanol–water partition coefficient (Wildman–Crippen LogP) is 25.3. The number of aliphatic hydroxyl groups excluding tert-OH is 2. The van der Waals surface area contributed by atoms with Crippen molar-refractivity contribution in [2.45, 2.75) is 450 Å². The minimum atomic E-state index is -0.843. The molecule has 0 aliphatic rings. The summed E-state index contributed by atoms with van der Waals surface area (Å²) in [7, 11) is 0. The van der Waals surface area contributed by atoms with Crippen LogP contribution in [0.4, 0.5) is 0 Å². The van der Waals surface area contributed by atoms with Crippen LogP contribution in [0.2, 0.25) is 0 Å². The first kappa shape index (κ1) is 82.3. The number of aliphatic hydroxyl groups is 2. The average molecular weight is 1180 g/mol. The van der Waals surface area contributed by atoms with E-state index in [1.54, 1.807) is 6.08 Å². The van der Waals surface area contributed by atoms with Crippen LogP contribution in [-0.4, -0.2) is 47.4 Å². The Morgan fingerprint density at radius 3 is 0.845 bits per heavy atom. The van der Waals surface area contributed by atoms with E-state index in [0.717, 1.165) is 38.5 Å². The van der Waals surface area contributed by atoms with Crippen LogP contribution in [0.1, 0.15) is 438 Å². The molecule has 0 aromatic heterocycles. The lowest BCUT2D eigenvalue weighted by Crippen LogP contribution is -2.45. The summed E-state index contributed by atoms with van der Waals surface area (Å²) in [5.41, 5.74) is 0. The molecule has 0 aliphatic carbocycles. The van der Waals surface area contributed by atoms with E-state index < -0.39 is 12.1 Å². The molecule has 6 nitrogen and oxygen atoms in total. The van der Waals surface area contributed by atoms with Gasteiger partial charge in [0.1, 0.15) is 0 Å². The number of hydrogen-bond donors (Lipinski definition) is 3. The molecule has 0 spiro atoms. The zero-order chi connectivity index (χ0) is 60.6. The lowest BCUT2D eigenvalue weighted by atomic mass is 10.0. The van der Waals surface area contributed by atoms with Crippen molar-refractivity contribution in [3.63, 3.8) is 0 Å². The molecular formula is C78H151NO5. The Kier molecular flexibility index (Phi) is 72.3. The molecular weight excluding hydrogens is 1030 g/mol. The van der Waals surface area contributed by atoms with E-state index in [1.165, 1.54) is 372 Å². The largest absolute Gasteiger partial charge is 0.466 e. The second-order valence-corrected chi connectivity index (χ2v) is 26.7. The van der Waals surface area contributed by atoms with E-state index in [2.05, 4.69) is 31.3 Å². The van der Waals surface area contributed by atoms with Crippen LogP contribution in [0.3, 0.4) is 0 Å². The molecule has 6 heteroatoms. The van der Waals surface area contributed by atoms with Crippen molar-refractivity contribution < 1.29 is 24.5 Å². The first-order valence-electron chi connectivity index (χ1n) is 38.6. The fourth-order valence-corrected chi connectivity index (χ4v) is 12.3. The lowest BCUT2D eigenvalue weighted by Gasteiger charge is -2.20. The number of esters is 1. The van der Waals surface area contributed by atoms with Gasteiger partial charge < -0.3 is 20.3 Å². The molecule has 1 amide bonds. The van der Waals surface area contributed by atoms with Crippen molar-refractivity contribution >= 4 is 11.9 Å². The second-order valence-electron chi connectivity index (χ2n) is 26.7. The molecule has 0 saturated heterocycles. The quantitative estimate of drug-likeness (QED) is 0.0320. The maximum atomic E-state index is 12.5. The molecule has 0 fully saturated rings. The number of ether oxygens (including phenoxy) is 1. The summed E-state index contributed by atoms with van der Waals surface area (Å²) in [5.74, 6) is -0.0381. The summed E-state index contributed by atoms with van der Waals surface area (Å²) in [6.45, 7) is 4.96. The van der Waals surface area contributed by atoms with E-state index >= 15 is 0 Å². The molecule has 2 unspecified atom stereocenters. The van der Waals surface area contributed by atoms with Crippen molar-refractivity contribution in [1.82, 2.24) is 5.32 Å². The average Bonchev–Trinajstić information content (AvgIpc) is 3.51. The number of unbranched alkanes of at least 4 members (excludes halogenated alkanes) is 60. The monoisotopic (exact) mass is 1180 g/mol. The van der Waals surface area contributed by atoms with E-state index in [4.69, 9.17) is 4.74 Å². The summed E-state index contributed by atoms with van der Waals surface area (Å²) in [5, 5.41) is 23.2. The predicted molar refractivity (Wildman–Crippen MR) is 370 cm³/mol. The number of rotatable bonds is 73. The fraction of sp³-hybridized carbons (Fsp3) is 0.923. The van der Waals surface area contributed by atoms with Crippen LogP contribution in [0.5, 0.6) is 0 Å². The van der Waals surface area contributed by atoms with Gasteiger partial charge in [-0.15, -0.1) is 0 Å². The van der Waals surface area contributed by atoms with Crippen molar-refractivity contribution in [2.75, 3.05) is 13.2 Å². The van der Waals surface area contributed by atoms with Gasteiger partial charge in [0.15, 0.2) is 0 Å². The lowest BCUT2D eigenvalue weighted by molar-refractivity contribution is -0.143. The van der Waals surface area contributed by atoms with Crippen LogP contribution in [0.15, 0.2) is 24.3 Å². The molecule has 0 rings (SSSR count). The summed E-state index contributed by atoms with van der Waals surface area (Å²) in [6, 6.07) is -0.626. The van der Waals surface area contributed by atoms with Gasteiger partial charge in [0.2, 0.25) is 5.91 Å². The van der Waals surface area contributed by atoms with Crippen LogP contribution in [-0.2, 0) is 14.3 Å². The maximum absolute atomic E-state index is 12.5. The maximum Gasteiger partial charge on any atom is 0.305 e. The van der Waals surface area contributed by atoms with Gasteiger partial charge in [0.25, 0.3) is 0 Å². The van der Waals surface area contributed by atoms with E-state index in [9.17, 15) is 19.8 Å². The van der Waals surface area contributed by atoms with Gasteiger partial charge in [0.05, 0.1) is 25.4 Å². The molecule has 84 heavy (non-hydrogen) atoms. The molecule has 0 aliphatic heterocycles. The Labute approximate surface area is 526 Å². The molecule has 0 bridgehead atoms. The summed E-state index contributed by atoms with van der Waals surface area (Å²) >= 11 is 0. The van der Waals surface area contributed by atoms with Gasteiger partial charge in [-0.3, -0.25) is 9.59 Å². The van der Waals surface area contributed by atoms with Gasteiger partial charge in [-0.25, -0.2) is 0 Å². The molecule has 2 atom stereocenters. The Hall–Kier alpha value is -1.66. The van der Waals surface area contributed by atoms with E-state index in [1.807, 2.05) is 6.08 Å². The molecule has 0 aromatic carbocycles. The Morgan fingerprint density at radius 2 is 0.560 bits per heavy atom. The van der Waals surface area contributed by atoms with Gasteiger partial charge in [-0.2, -0.15) is 0 Å². The number of hydrogen-bond acceptors (Lipinski definition) is 5. The Morgan fingerprint density at radius 1 is 0.321 bits per heavy atom. The molecule has 0 aromatic rings. The number of amides is 1. The van der Waals surface area contributed by atoms with Gasteiger partial charge in [0, 0.05) is 12.8 Å². The van der Waals surface area contributed by atoms with E-state index in [0.29, 0.717) is 19.4 Å². The third-order valence-electron chi connectivity index (χ3n) is 18.2. The third-order valence-corrected chi connectivity index (χ3v) is 18.2. The number of nitrogens with one attached hydrogen (secondary N) is 1. The zero-order valence-electron chi connectivity index (χ0n) is 57.2.